The van der Waals surface area contributed by atoms with E-state index >= 15 is 0 Å². The van der Waals surface area contributed by atoms with Gasteiger partial charge < -0.3 is 15.4 Å². The van der Waals surface area contributed by atoms with Gasteiger partial charge in [0.1, 0.15) is 24.2 Å². The predicted octanol–water partition coefficient (Wildman–Crippen LogP) is 5.06. The summed E-state index contributed by atoms with van der Waals surface area (Å²) >= 11 is 0. The van der Waals surface area contributed by atoms with Gasteiger partial charge in [0.15, 0.2) is 5.82 Å². The van der Waals surface area contributed by atoms with E-state index in [-0.39, 0.29) is 0 Å². The summed E-state index contributed by atoms with van der Waals surface area (Å²) in [6, 6.07) is 20.4. The van der Waals surface area contributed by atoms with Gasteiger partial charge in [0.25, 0.3) is 0 Å². The number of aromatic nitrogens is 3. The largest absolute Gasteiger partial charge is 0.489 e. The molecule has 0 unspecified atom stereocenters. The molecule has 0 aliphatic carbocycles. The minimum atomic E-state index is 0.465. The van der Waals surface area contributed by atoms with Crippen molar-refractivity contribution >= 4 is 17.4 Å². The van der Waals surface area contributed by atoms with E-state index in [9.17, 15) is 0 Å². The molecule has 2 aromatic heterocycles. The van der Waals surface area contributed by atoms with Gasteiger partial charge in [-0.05, 0) is 67.8 Å². The highest BCUT2D eigenvalue weighted by Crippen LogP contribution is 2.33. The summed E-state index contributed by atoms with van der Waals surface area (Å²) in [7, 11) is 0. The minimum absolute atomic E-state index is 0.465. The Morgan fingerprint density at radius 1 is 1.00 bits per heavy atom. The fourth-order valence-corrected chi connectivity index (χ4v) is 4.39. The van der Waals surface area contributed by atoms with E-state index in [2.05, 4.69) is 51.4 Å². The molecular weight excluding hydrogens is 410 g/mol. The average molecular weight is 440 g/mol. The van der Waals surface area contributed by atoms with Gasteiger partial charge in [-0.2, -0.15) is 5.10 Å². The van der Waals surface area contributed by atoms with Crippen LogP contribution in [0.3, 0.4) is 0 Å². The Kier molecular flexibility index (Phi) is 6.35. The molecule has 0 amide bonds. The van der Waals surface area contributed by atoms with E-state index in [0.717, 1.165) is 46.6 Å². The van der Waals surface area contributed by atoms with Crippen LogP contribution in [0.2, 0.25) is 0 Å². The lowest BCUT2D eigenvalue weighted by Gasteiger charge is -2.11. The van der Waals surface area contributed by atoms with Gasteiger partial charge in [-0.3, -0.25) is 0 Å². The number of nitrogens with two attached hydrogens (primary N) is 1. The molecule has 5 rings (SSSR count). The first-order chi connectivity index (χ1) is 16.3. The summed E-state index contributed by atoms with van der Waals surface area (Å²) in [5.74, 6) is 1.28. The molecule has 0 spiro atoms. The maximum absolute atomic E-state index is 6.28. The molecule has 0 radical (unpaired) electrons. The summed E-state index contributed by atoms with van der Waals surface area (Å²) in [6.07, 6.45) is 9.52. The third-order valence-electron chi connectivity index (χ3n) is 6.10. The van der Waals surface area contributed by atoms with Crippen molar-refractivity contribution in [2.24, 2.45) is 0 Å². The van der Waals surface area contributed by atoms with Crippen LogP contribution in [0, 0.1) is 0 Å². The van der Waals surface area contributed by atoms with Crippen molar-refractivity contribution in [3.05, 3.63) is 84.3 Å². The van der Waals surface area contributed by atoms with Crippen molar-refractivity contribution < 1.29 is 4.74 Å². The Balaban J connectivity index is 1.39. The van der Waals surface area contributed by atoms with Crippen molar-refractivity contribution in [2.75, 3.05) is 25.4 Å². The first kappa shape index (κ1) is 21.2. The molecule has 1 aliphatic rings. The number of hydrogen-bond acceptors (Lipinski definition) is 5. The van der Waals surface area contributed by atoms with E-state index in [1.165, 1.54) is 32.3 Å². The predicted molar refractivity (Wildman–Crippen MR) is 133 cm³/mol. The van der Waals surface area contributed by atoms with Gasteiger partial charge in [0.05, 0.1) is 5.69 Å². The third-order valence-corrected chi connectivity index (χ3v) is 6.10. The van der Waals surface area contributed by atoms with E-state index in [0.29, 0.717) is 12.4 Å². The number of fused-ring (bicyclic) bond motifs is 1. The molecule has 33 heavy (non-hydrogen) atoms. The highest BCUT2D eigenvalue weighted by Gasteiger charge is 2.15. The monoisotopic (exact) mass is 439 g/mol. The van der Waals surface area contributed by atoms with Crippen LogP contribution in [0.15, 0.2) is 73.1 Å². The minimum Gasteiger partial charge on any atom is -0.489 e. The molecule has 0 saturated carbocycles. The van der Waals surface area contributed by atoms with Crippen LogP contribution < -0.4 is 10.5 Å². The zero-order valence-electron chi connectivity index (χ0n) is 18.7. The van der Waals surface area contributed by atoms with Crippen LogP contribution in [0.4, 0.5) is 5.82 Å². The SMILES string of the molecule is Nc1ncnn2c(/C=C\CCN3CCCC3)cc(-c3cccc(OCc4ccccc4)c3)c12. The second kappa shape index (κ2) is 9.88. The maximum Gasteiger partial charge on any atom is 0.152 e. The lowest BCUT2D eigenvalue weighted by Crippen LogP contribution is -2.19. The Morgan fingerprint density at radius 3 is 2.70 bits per heavy atom. The van der Waals surface area contributed by atoms with Crippen LogP contribution in [0.25, 0.3) is 22.7 Å². The molecule has 6 nitrogen and oxygen atoms in total. The number of rotatable bonds is 8. The van der Waals surface area contributed by atoms with Gasteiger partial charge in [-0.15, -0.1) is 0 Å². The van der Waals surface area contributed by atoms with E-state index in [1.54, 1.807) is 0 Å². The topological polar surface area (TPSA) is 68.7 Å². The van der Waals surface area contributed by atoms with E-state index < -0.39 is 0 Å². The number of ether oxygens (including phenoxy) is 1. The Bertz CT molecular complexity index is 1240. The standard InChI is InChI=1S/C27H29N5O/c28-27-26-25(22-11-8-13-24(17-22)33-19-21-9-2-1-3-10-21)18-23(32(26)30-20-29-27)12-4-5-14-31-15-6-7-16-31/h1-4,8-13,17-18,20H,5-7,14-16,19H2,(H2,28,29,30)/b12-4-. The molecule has 3 heterocycles. The fraction of sp³-hybridized carbons (Fsp3) is 0.259. The molecule has 1 aliphatic heterocycles. The first-order valence-electron chi connectivity index (χ1n) is 11.6. The van der Waals surface area contributed by atoms with Crippen LogP contribution in [-0.2, 0) is 6.61 Å². The lowest BCUT2D eigenvalue weighted by atomic mass is 10.1. The molecule has 6 heteroatoms. The number of anilines is 1. The molecule has 2 aromatic carbocycles. The molecule has 2 N–H and O–H groups in total. The number of nitrogens with zero attached hydrogens (tertiary/aromatic N) is 4. The fourth-order valence-electron chi connectivity index (χ4n) is 4.39. The quantitative estimate of drug-likeness (QED) is 0.416. The molecular formula is C27H29N5O. The smallest absolute Gasteiger partial charge is 0.152 e. The second-order valence-electron chi connectivity index (χ2n) is 8.43. The zero-order chi connectivity index (χ0) is 22.5. The molecule has 4 aromatic rings. The maximum atomic E-state index is 6.28. The van der Waals surface area contributed by atoms with Gasteiger partial charge in [-0.25, -0.2) is 9.50 Å². The average Bonchev–Trinajstić information content (AvgIpc) is 3.50. The molecule has 168 valence electrons. The summed E-state index contributed by atoms with van der Waals surface area (Å²) in [5.41, 5.74) is 11.2. The number of hydrogen-bond donors (Lipinski definition) is 1. The van der Waals surface area contributed by atoms with Crippen LogP contribution in [0.5, 0.6) is 5.75 Å². The van der Waals surface area contributed by atoms with E-state index in [4.69, 9.17) is 10.5 Å². The molecule has 1 saturated heterocycles. The van der Waals surface area contributed by atoms with Crippen molar-refractivity contribution in [2.45, 2.75) is 25.9 Å². The summed E-state index contributed by atoms with van der Waals surface area (Å²) in [4.78, 5) is 6.76. The van der Waals surface area contributed by atoms with Gasteiger partial charge >= 0.3 is 0 Å². The number of likely N-dealkylation sites (tertiary alicyclic amines) is 1. The van der Waals surface area contributed by atoms with E-state index in [1.807, 2.05) is 40.9 Å². The highest BCUT2D eigenvalue weighted by molar-refractivity contribution is 5.90. The molecule has 0 atom stereocenters. The Hall–Kier alpha value is -3.64. The van der Waals surface area contributed by atoms with Gasteiger partial charge in [0, 0.05) is 12.1 Å². The Labute approximate surface area is 194 Å². The third kappa shape index (κ3) is 4.91. The number of benzene rings is 2. The number of nitrogen functional groups attached to an aromatic ring is 1. The molecule has 0 bridgehead atoms. The van der Waals surface area contributed by atoms with Crippen LogP contribution in [0.1, 0.15) is 30.5 Å². The summed E-state index contributed by atoms with van der Waals surface area (Å²) in [6.45, 7) is 4.07. The van der Waals surface area contributed by atoms with Crippen molar-refractivity contribution in [3.8, 4) is 16.9 Å². The normalized spacial score (nSPS) is 14.4. The second-order valence-corrected chi connectivity index (χ2v) is 8.43. The van der Waals surface area contributed by atoms with Gasteiger partial charge in [0.2, 0.25) is 0 Å². The van der Waals surface area contributed by atoms with Crippen molar-refractivity contribution in [1.29, 1.82) is 0 Å². The van der Waals surface area contributed by atoms with Crippen LogP contribution >= 0.6 is 0 Å². The Morgan fingerprint density at radius 2 is 1.85 bits per heavy atom. The van der Waals surface area contributed by atoms with Crippen molar-refractivity contribution in [1.82, 2.24) is 19.5 Å². The summed E-state index contributed by atoms with van der Waals surface area (Å²) in [5, 5.41) is 4.48. The summed E-state index contributed by atoms with van der Waals surface area (Å²) < 4.78 is 7.92. The lowest BCUT2D eigenvalue weighted by molar-refractivity contribution is 0.306. The molecule has 1 fully saturated rings. The van der Waals surface area contributed by atoms with Crippen LogP contribution in [-0.4, -0.2) is 39.1 Å². The first-order valence-corrected chi connectivity index (χ1v) is 11.6. The van der Waals surface area contributed by atoms with Crippen molar-refractivity contribution in [3.63, 3.8) is 0 Å². The van der Waals surface area contributed by atoms with Gasteiger partial charge in [-0.1, -0.05) is 48.5 Å². The zero-order valence-corrected chi connectivity index (χ0v) is 18.7. The highest BCUT2D eigenvalue weighted by atomic mass is 16.5.